The molecule has 1 fully saturated rings. The summed E-state index contributed by atoms with van der Waals surface area (Å²) in [5.41, 5.74) is 0.757. The van der Waals surface area contributed by atoms with E-state index in [9.17, 15) is 8.42 Å². The molecule has 2 unspecified atom stereocenters. The van der Waals surface area contributed by atoms with Crippen LogP contribution in [0.4, 0.5) is 0 Å². The van der Waals surface area contributed by atoms with E-state index >= 15 is 0 Å². The van der Waals surface area contributed by atoms with Gasteiger partial charge in [-0.15, -0.1) is 0 Å². The van der Waals surface area contributed by atoms with Gasteiger partial charge in [0, 0.05) is 12.6 Å². The van der Waals surface area contributed by atoms with Crippen molar-refractivity contribution in [1.29, 1.82) is 0 Å². The first-order valence-corrected chi connectivity index (χ1v) is 8.28. The van der Waals surface area contributed by atoms with Gasteiger partial charge in [0.1, 0.15) is 0 Å². The maximum absolute atomic E-state index is 11.7. The normalized spacial score (nSPS) is 27.3. The largest absolute Gasteiger partial charge is 0.383 e. The number of methoxy groups -OCH3 is 1. The monoisotopic (exact) mass is 283 g/mol. The average molecular weight is 283 g/mol. The zero-order valence-corrected chi connectivity index (χ0v) is 12.2. The lowest BCUT2D eigenvalue weighted by Crippen LogP contribution is -2.46. The van der Waals surface area contributed by atoms with Crippen molar-refractivity contribution in [3.63, 3.8) is 0 Å². The van der Waals surface area contributed by atoms with Gasteiger partial charge in [-0.05, 0) is 18.9 Å². The van der Waals surface area contributed by atoms with Crippen LogP contribution in [0.2, 0.25) is 0 Å². The summed E-state index contributed by atoms with van der Waals surface area (Å²) in [6.07, 6.45) is 0.655. The molecule has 1 aromatic carbocycles. The van der Waals surface area contributed by atoms with E-state index in [1.54, 1.807) is 7.11 Å². The van der Waals surface area contributed by atoms with Gasteiger partial charge >= 0.3 is 0 Å². The second-order valence-electron chi connectivity index (χ2n) is 5.47. The van der Waals surface area contributed by atoms with Crippen LogP contribution in [0.1, 0.15) is 24.9 Å². The summed E-state index contributed by atoms with van der Waals surface area (Å²) >= 11 is 0. The van der Waals surface area contributed by atoms with E-state index in [0.717, 1.165) is 5.56 Å². The smallest absolute Gasteiger partial charge is 0.152 e. The molecule has 0 aliphatic carbocycles. The van der Waals surface area contributed by atoms with E-state index in [1.807, 2.05) is 37.3 Å². The van der Waals surface area contributed by atoms with Crippen LogP contribution in [0.15, 0.2) is 30.3 Å². The van der Waals surface area contributed by atoms with Crippen LogP contribution in [-0.4, -0.2) is 39.2 Å². The first kappa shape index (κ1) is 14.5. The van der Waals surface area contributed by atoms with Gasteiger partial charge in [0.15, 0.2) is 9.84 Å². The number of benzene rings is 1. The number of ether oxygens (including phenoxy) is 1. The molecule has 1 aliphatic rings. The van der Waals surface area contributed by atoms with Crippen LogP contribution in [0, 0.1) is 0 Å². The average Bonchev–Trinajstić information content (AvgIpc) is 2.64. The maximum Gasteiger partial charge on any atom is 0.152 e. The van der Waals surface area contributed by atoms with Crippen molar-refractivity contribution < 1.29 is 13.2 Å². The summed E-state index contributed by atoms with van der Waals surface area (Å²) in [5.74, 6) is 0.470. The molecule has 5 heteroatoms. The van der Waals surface area contributed by atoms with Crippen molar-refractivity contribution in [1.82, 2.24) is 5.32 Å². The van der Waals surface area contributed by atoms with Crippen molar-refractivity contribution in [3.05, 3.63) is 35.9 Å². The maximum atomic E-state index is 11.7. The molecule has 0 saturated carbocycles. The number of hydrogen-bond donors (Lipinski definition) is 1. The first-order chi connectivity index (χ1) is 8.94. The van der Waals surface area contributed by atoms with Crippen LogP contribution in [0.3, 0.4) is 0 Å². The third-order valence-corrected chi connectivity index (χ3v) is 5.46. The van der Waals surface area contributed by atoms with Crippen molar-refractivity contribution in [3.8, 4) is 0 Å². The Bertz CT molecular complexity index is 515. The van der Waals surface area contributed by atoms with Gasteiger partial charge in [0.05, 0.1) is 24.2 Å². The molecule has 0 aromatic heterocycles. The summed E-state index contributed by atoms with van der Waals surface area (Å²) in [4.78, 5) is 0. The molecule has 1 heterocycles. The Morgan fingerprint density at radius 3 is 2.58 bits per heavy atom. The van der Waals surface area contributed by atoms with Crippen LogP contribution in [0.25, 0.3) is 0 Å². The molecule has 1 N–H and O–H groups in total. The number of nitrogens with one attached hydrogen (secondary N) is 1. The lowest BCUT2D eigenvalue weighted by Gasteiger charge is -2.30. The lowest BCUT2D eigenvalue weighted by molar-refractivity contribution is 0.151. The predicted molar refractivity (Wildman–Crippen MR) is 75.9 cm³/mol. The molecule has 1 aromatic rings. The number of sulfone groups is 1. The van der Waals surface area contributed by atoms with Gasteiger partial charge in [-0.25, -0.2) is 8.42 Å². The highest BCUT2D eigenvalue weighted by Gasteiger charge is 2.39. The van der Waals surface area contributed by atoms with Crippen molar-refractivity contribution in [2.75, 3.05) is 25.2 Å². The minimum Gasteiger partial charge on any atom is -0.383 e. The van der Waals surface area contributed by atoms with Gasteiger partial charge in [-0.1, -0.05) is 30.3 Å². The Labute approximate surface area is 115 Å². The second-order valence-corrected chi connectivity index (χ2v) is 7.65. The van der Waals surface area contributed by atoms with E-state index in [0.29, 0.717) is 13.0 Å². The Hall–Kier alpha value is -0.910. The highest BCUT2D eigenvalue weighted by Crippen LogP contribution is 2.26. The van der Waals surface area contributed by atoms with Crippen molar-refractivity contribution in [2.24, 2.45) is 0 Å². The summed E-state index contributed by atoms with van der Waals surface area (Å²) in [5, 5.41) is 3.46. The summed E-state index contributed by atoms with van der Waals surface area (Å²) in [7, 11) is -1.24. The van der Waals surface area contributed by atoms with E-state index in [4.69, 9.17) is 4.74 Å². The minimum atomic E-state index is -2.90. The van der Waals surface area contributed by atoms with E-state index in [1.165, 1.54) is 0 Å². The lowest BCUT2D eigenvalue weighted by atomic mass is 9.98. The highest BCUT2D eigenvalue weighted by molar-refractivity contribution is 7.91. The van der Waals surface area contributed by atoms with E-state index in [2.05, 4.69) is 5.32 Å². The van der Waals surface area contributed by atoms with Crippen LogP contribution < -0.4 is 5.32 Å². The molecule has 0 bridgehead atoms. The standard InChI is InChI=1S/C14H21NO3S/c1-14(8-9-19(16,17)11-14)15-13(10-18-2)12-6-4-3-5-7-12/h3-7,13,15H,8-11H2,1-2H3. The molecule has 0 amide bonds. The van der Waals surface area contributed by atoms with Crippen molar-refractivity contribution >= 4 is 9.84 Å². The number of rotatable bonds is 5. The molecule has 4 nitrogen and oxygen atoms in total. The van der Waals surface area contributed by atoms with Gasteiger partial charge in [-0.3, -0.25) is 0 Å². The Morgan fingerprint density at radius 2 is 2.05 bits per heavy atom. The second kappa shape index (κ2) is 5.61. The van der Waals surface area contributed by atoms with E-state index < -0.39 is 9.84 Å². The molecule has 0 radical (unpaired) electrons. The predicted octanol–water partition coefficient (Wildman–Crippen LogP) is 1.54. The molecule has 2 rings (SSSR count). The van der Waals surface area contributed by atoms with Crippen LogP contribution in [0.5, 0.6) is 0 Å². The SMILES string of the molecule is COCC(NC1(C)CCS(=O)(=O)C1)c1ccccc1. The van der Waals surface area contributed by atoms with Gasteiger partial charge in [0.2, 0.25) is 0 Å². The zero-order valence-electron chi connectivity index (χ0n) is 11.4. The minimum absolute atomic E-state index is 0.0181. The fourth-order valence-corrected chi connectivity index (χ4v) is 4.72. The zero-order chi connectivity index (χ0) is 13.9. The molecule has 0 spiro atoms. The Balaban J connectivity index is 2.14. The van der Waals surface area contributed by atoms with E-state index in [-0.39, 0.29) is 23.1 Å². The van der Waals surface area contributed by atoms with Crippen molar-refractivity contribution in [2.45, 2.75) is 24.9 Å². The van der Waals surface area contributed by atoms with Gasteiger partial charge in [-0.2, -0.15) is 0 Å². The topological polar surface area (TPSA) is 55.4 Å². The van der Waals surface area contributed by atoms with Gasteiger partial charge < -0.3 is 10.1 Å². The molecule has 1 saturated heterocycles. The molecule has 1 aliphatic heterocycles. The highest BCUT2D eigenvalue weighted by atomic mass is 32.2. The quantitative estimate of drug-likeness (QED) is 0.890. The molecular formula is C14H21NO3S. The first-order valence-electron chi connectivity index (χ1n) is 6.46. The third kappa shape index (κ3) is 3.78. The fraction of sp³-hybridized carbons (Fsp3) is 0.571. The fourth-order valence-electron chi connectivity index (χ4n) is 2.62. The van der Waals surface area contributed by atoms with Crippen LogP contribution in [-0.2, 0) is 14.6 Å². The Morgan fingerprint density at radius 1 is 1.37 bits per heavy atom. The Kier molecular flexibility index (Phi) is 4.28. The molecule has 19 heavy (non-hydrogen) atoms. The van der Waals surface area contributed by atoms with Gasteiger partial charge in [0.25, 0.3) is 0 Å². The molecule has 106 valence electrons. The molecule has 2 atom stereocenters. The summed E-state index contributed by atoms with van der Waals surface area (Å²) < 4.78 is 28.6. The third-order valence-electron chi connectivity index (χ3n) is 3.56. The molecular weight excluding hydrogens is 262 g/mol. The van der Waals surface area contributed by atoms with Crippen LogP contribution >= 0.6 is 0 Å². The number of hydrogen-bond acceptors (Lipinski definition) is 4. The summed E-state index contributed by atoms with van der Waals surface area (Å²) in [6, 6.07) is 10.0. The summed E-state index contributed by atoms with van der Waals surface area (Å²) in [6.45, 7) is 2.50.